The molecule has 1 fully saturated rings. The summed E-state index contributed by atoms with van der Waals surface area (Å²) in [6.45, 7) is 6.66. The highest BCUT2D eigenvalue weighted by Crippen LogP contribution is 2.15. The van der Waals surface area contributed by atoms with Crippen molar-refractivity contribution in [2.24, 2.45) is 5.73 Å². The SMILES string of the molecule is CCN(C(=O)[C@H](C)N)[C@H]1CCCN(C)C1. The van der Waals surface area contributed by atoms with Crippen LogP contribution in [0.3, 0.4) is 0 Å². The average molecular weight is 213 g/mol. The van der Waals surface area contributed by atoms with Gasteiger partial charge in [0.2, 0.25) is 5.91 Å². The van der Waals surface area contributed by atoms with E-state index in [9.17, 15) is 4.79 Å². The standard InChI is InChI=1S/C11H23N3O/c1-4-14(11(15)9(2)12)10-6-5-7-13(3)8-10/h9-10H,4-8,12H2,1-3H3/t9-,10-/m0/s1. The molecule has 1 saturated heterocycles. The number of likely N-dealkylation sites (tertiary alicyclic amines) is 1. The van der Waals surface area contributed by atoms with E-state index in [4.69, 9.17) is 5.73 Å². The summed E-state index contributed by atoms with van der Waals surface area (Å²) in [5, 5.41) is 0. The van der Waals surface area contributed by atoms with Gasteiger partial charge in [-0.1, -0.05) is 0 Å². The Morgan fingerprint density at radius 3 is 2.80 bits per heavy atom. The minimum absolute atomic E-state index is 0.0813. The molecule has 0 aromatic heterocycles. The van der Waals surface area contributed by atoms with E-state index >= 15 is 0 Å². The highest BCUT2D eigenvalue weighted by molar-refractivity contribution is 5.81. The Kier molecular flexibility index (Phi) is 4.54. The lowest BCUT2D eigenvalue weighted by atomic mass is 10.0. The van der Waals surface area contributed by atoms with Gasteiger partial charge in [0.1, 0.15) is 0 Å². The molecule has 2 atom stereocenters. The normalized spacial score (nSPS) is 24.9. The fraction of sp³-hybridized carbons (Fsp3) is 0.909. The number of carbonyl (C=O) groups excluding carboxylic acids is 1. The van der Waals surface area contributed by atoms with E-state index in [2.05, 4.69) is 11.9 Å². The second-order valence-corrected chi connectivity index (χ2v) is 4.47. The van der Waals surface area contributed by atoms with Crippen molar-refractivity contribution in [1.29, 1.82) is 0 Å². The second kappa shape index (κ2) is 5.47. The first kappa shape index (κ1) is 12.5. The maximum absolute atomic E-state index is 11.9. The zero-order chi connectivity index (χ0) is 11.4. The van der Waals surface area contributed by atoms with E-state index in [1.807, 2.05) is 11.8 Å². The van der Waals surface area contributed by atoms with Gasteiger partial charge in [0, 0.05) is 19.1 Å². The smallest absolute Gasteiger partial charge is 0.239 e. The molecular weight excluding hydrogens is 190 g/mol. The molecule has 1 rings (SSSR count). The number of nitrogens with zero attached hydrogens (tertiary/aromatic N) is 2. The predicted molar refractivity (Wildman–Crippen MR) is 61.6 cm³/mol. The van der Waals surface area contributed by atoms with E-state index < -0.39 is 0 Å². The third kappa shape index (κ3) is 3.18. The molecule has 0 aliphatic carbocycles. The van der Waals surface area contributed by atoms with Crippen LogP contribution in [-0.4, -0.2) is 54.5 Å². The molecule has 0 aromatic rings. The summed E-state index contributed by atoms with van der Waals surface area (Å²) >= 11 is 0. The minimum atomic E-state index is -0.378. The zero-order valence-corrected chi connectivity index (χ0v) is 10.1. The summed E-state index contributed by atoms with van der Waals surface area (Å²) in [7, 11) is 2.11. The first-order chi connectivity index (χ1) is 7.06. The molecule has 0 radical (unpaired) electrons. The van der Waals surface area contributed by atoms with Crippen LogP contribution < -0.4 is 5.73 Å². The molecule has 0 unspecified atom stereocenters. The van der Waals surface area contributed by atoms with Crippen LogP contribution in [0.1, 0.15) is 26.7 Å². The molecule has 0 saturated carbocycles. The summed E-state index contributed by atoms with van der Waals surface area (Å²) in [4.78, 5) is 16.1. The molecule has 0 bridgehead atoms. The van der Waals surface area contributed by atoms with Gasteiger partial charge in [0.25, 0.3) is 0 Å². The molecule has 0 aromatic carbocycles. The molecule has 0 spiro atoms. The van der Waals surface area contributed by atoms with Crippen LogP contribution in [0.4, 0.5) is 0 Å². The van der Waals surface area contributed by atoms with Gasteiger partial charge in [-0.3, -0.25) is 4.79 Å². The molecular formula is C11H23N3O. The van der Waals surface area contributed by atoms with Crippen molar-refractivity contribution in [3.63, 3.8) is 0 Å². The van der Waals surface area contributed by atoms with Gasteiger partial charge in [0.05, 0.1) is 6.04 Å². The predicted octanol–water partition coefficient (Wildman–Crippen LogP) is 0.276. The van der Waals surface area contributed by atoms with Crippen molar-refractivity contribution < 1.29 is 4.79 Å². The lowest BCUT2D eigenvalue weighted by molar-refractivity contribution is -0.135. The van der Waals surface area contributed by atoms with Crippen LogP contribution in [0.25, 0.3) is 0 Å². The molecule has 88 valence electrons. The first-order valence-electron chi connectivity index (χ1n) is 5.80. The fourth-order valence-corrected chi connectivity index (χ4v) is 2.25. The Labute approximate surface area is 92.4 Å². The van der Waals surface area contributed by atoms with Crippen molar-refractivity contribution >= 4 is 5.91 Å². The van der Waals surface area contributed by atoms with Gasteiger partial charge in [-0.25, -0.2) is 0 Å². The van der Waals surface area contributed by atoms with Crippen LogP contribution >= 0.6 is 0 Å². The van der Waals surface area contributed by atoms with E-state index in [-0.39, 0.29) is 11.9 Å². The number of piperidine rings is 1. The van der Waals surface area contributed by atoms with E-state index in [1.54, 1.807) is 6.92 Å². The molecule has 1 aliphatic rings. The van der Waals surface area contributed by atoms with Crippen LogP contribution in [-0.2, 0) is 4.79 Å². The Hall–Kier alpha value is -0.610. The largest absolute Gasteiger partial charge is 0.337 e. The van der Waals surface area contributed by atoms with Gasteiger partial charge >= 0.3 is 0 Å². The number of hydrogen-bond acceptors (Lipinski definition) is 3. The highest BCUT2D eigenvalue weighted by Gasteiger charge is 2.27. The number of rotatable bonds is 3. The molecule has 1 amide bonds. The number of amides is 1. The van der Waals surface area contributed by atoms with E-state index in [1.165, 1.54) is 6.42 Å². The third-order valence-electron chi connectivity index (χ3n) is 3.05. The monoisotopic (exact) mass is 213 g/mol. The van der Waals surface area contributed by atoms with E-state index in [0.717, 1.165) is 26.1 Å². The van der Waals surface area contributed by atoms with Crippen LogP contribution in [0.15, 0.2) is 0 Å². The van der Waals surface area contributed by atoms with Crippen molar-refractivity contribution in [2.45, 2.75) is 38.8 Å². The number of nitrogens with two attached hydrogens (primary N) is 1. The molecule has 1 heterocycles. The number of likely N-dealkylation sites (N-methyl/N-ethyl adjacent to an activating group) is 2. The molecule has 4 heteroatoms. The van der Waals surface area contributed by atoms with Gasteiger partial charge in [-0.2, -0.15) is 0 Å². The number of hydrogen-bond donors (Lipinski definition) is 1. The lowest BCUT2D eigenvalue weighted by Gasteiger charge is -2.38. The minimum Gasteiger partial charge on any atom is -0.337 e. The topological polar surface area (TPSA) is 49.6 Å². The van der Waals surface area contributed by atoms with E-state index in [0.29, 0.717) is 6.04 Å². The Bertz CT molecular complexity index is 218. The van der Waals surface area contributed by atoms with Gasteiger partial charge < -0.3 is 15.5 Å². The summed E-state index contributed by atoms with van der Waals surface area (Å²) < 4.78 is 0. The number of carbonyl (C=O) groups is 1. The Morgan fingerprint density at radius 1 is 1.67 bits per heavy atom. The van der Waals surface area contributed by atoms with Gasteiger partial charge in [0.15, 0.2) is 0 Å². The highest BCUT2D eigenvalue weighted by atomic mass is 16.2. The summed E-state index contributed by atoms with van der Waals surface area (Å²) in [6.07, 6.45) is 2.28. The molecule has 2 N–H and O–H groups in total. The summed E-state index contributed by atoms with van der Waals surface area (Å²) in [5.74, 6) is 0.0813. The molecule has 4 nitrogen and oxygen atoms in total. The van der Waals surface area contributed by atoms with Crippen LogP contribution in [0, 0.1) is 0 Å². The Morgan fingerprint density at radius 2 is 2.33 bits per heavy atom. The van der Waals surface area contributed by atoms with Gasteiger partial charge in [-0.15, -0.1) is 0 Å². The van der Waals surface area contributed by atoms with Gasteiger partial charge in [-0.05, 0) is 40.3 Å². The maximum atomic E-state index is 11.9. The van der Waals surface area contributed by atoms with Crippen molar-refractivity contribution in [3.8, 4) is 0 Å². The van der Waals surface area contributed by atoms with Crippen molar-refractivity contribution in [1.82, 2.24) is 9.80 Å². The van der Waals surface area contributed by atoms with Crippen LogP contribution in [0.2, 0.25) is 0 Å². The third-order valence-corrected chi connectivity index (χ3v) is 3.05. The molecule has 1 aliphatic heterocycles. The summed E-state index contributed by atoms with van der Waals surface area (Å²) in [5.41, 5.74) is 5.65. The quantitative estimate of drug-likeness (QED) is 0.732. The van der Waals surface area contributed by atoms with Crippen LogP contribution in [0.5, 0.6) is 0 Å². The molecule has 15 heavy (non-hydrogen) atoms. The lowest BCUT2D eigenvalue weighted by Crippen LogP contribution is -2.52. The van der Waals surface area contributed by atoms with Crippen molar-refractivity contribution in [2.75, 3.05) is 26.7 Å². The zero-order valence-electron chi connectivity index (χ0n) is 10.1. The summed E-state index contributed by atoms with van der Waals surface area (Å²) in [6, 6.07) is -0.0237. The average Bonchev–Trinajstić information content (AvgIpc) is 2.18. The first-order valence-corrected chi connectivity index (χ1v) is 5.80. The van der Waals surface area contributed by atoms with Crippen molar-refractivity contribution in [3.05, 3.63) is 0 Å². The maximum Gasteiger partial charge on any atom is 0.239 e. The Balaban J connectivity index is 2.61. The fourth-order valence-electron chi connectivity index (χ4n) is 2.25. The second-order valence-electron chi connectivity index (χ2n) is 4.47.